The number of fused-ring (bicyclic) bond motifs is 1. The summed E-state index contributed by atoms with van der Waals surface area (Å²) in [5, 5.41) is 0.759. The van der Waals surface area contributed by atoms with Crippen LogP contribution in [0, 0.1) is 6.92 Å². The van der Waals surface area contributed by atoms with Gasteiger partial charge in [0.1, 0.15) is 22.7 Å². The van der Waals surface area contributed by atoms with Crippen molar-refractivity contribution >= 4 is 43.1 Å². The zero-order valence-electron chi connectivity index (χ0n) is 14.0. The third kappa shape index (κ3) is 3.35. The van der Waals surface area contributed by atoms with Crippen molar-refractivity contribution in [2.75, 3.05) is 36.8 Å². The van der Waals surface area contributed by atoms with E-state index in [1.165, 1.54) is 4.88 Å². The Balaban J connectivity index is 1.43. The van der Waals surface area contributed by atoms with Crippen molar-refractivity contribution in [1.29, 1.82) is 0 Å². The van der Waals surface area contributed by atoms with E-state index in [9.17, 15) is 13.2 Å². The Hall–Kier alpha value is -1.74. The molecule has 2 aliphatic rings. The fourth-order valence-electron chi connectivity index (χ4n) is 3.19. The molecular formula is C16H20N4O3S2. The van der Waals surface area contributed by atoms with E-state index in [1.54, 1.807) is 22.6 Å². The zero-order valence-corrected chi connectivity index (χ0v) is 15.6. The van der Waals surface area contributed by atoms with Crippen molar-refractivity contribution in [1.82, 2.24) is 14.9 Å². The van der Waals surface area contributed by atoms with Crippen LogP contribution in [0.25, 0.3) is 10.2 Å². The van der Waals surface area contributed by atoms with Gasteiger partial charge in [-0.25, -0.2) is 18.4 Å². The van der Waals surface area contributed by atoms with Crippen molar-refractivity contribution in [3.8, 4) is 0 Å². The predicted octanol–water partition coefficient (Wildman–Crippen LogP) is 1.23. The molecule has 0 unspecified atom stereocenters. The van der Waals surface area contributed by atoms with Crippen LogP contribution >= 0.6 is 11.3 Å². The quantitative estimate of drug-likeness (QED) is 0.793. The molecule has 7 nitrogen and oxygen atoms in total. The van der Waals surface area contributed by atoms with Gasteiger partial charge in [0.2, 0.25) is 5.91 Å². The average molecular weight is 380 g/mol. The summed E-state index contributed by atoms with van der Waals surface area (Å²) >= 11 is 1.64. The van der Waals surface area contributed by atoms with Gasteiger partial charge in [-0.15, -0.1) is 11.3 Å². The SMILES string of the molecule is Cc1cc2c(N3CCN(C(=O)CS(=O)(=O)C4CC4)CC3)ncnc2s1. The monoisotopic (exact) mass is 380 g/mol. The lowest BCUT2D eigenvalue weighted by Crippen LogP contribution is -2.50. The molecule has 134 valence electrons. The maximum atomic E-state index is 12.3. The molecule has 1 saturated carbocycles. The van der Waals surface area contributed by atoms with Crippen LogP contribution in [0.1, 0.15) is 17.7 Å². The van der Waals surface area contributed by atoms with Crippen molar-refractivity contribution in [2.45, 2.75) is 25.0 Å². The third-order valence-electron chi connectivity index (χ3n) is 4.72. The number of hydrogen-bond acceptors (Lipinski definition) is 7. The first kappa shape index (κ1) is 16.7. The molecule has 25 heavy (non-hydrogen) atoms. The van der Waals surface area contributed by atoms with Gasteiger partial charge in [0.05, 0.1) is 10.6 Å². The number of thiophene rings is 1. The van der Waals surface area contributed by atoms with Gasteiger partial charge < -0.3 is 9.80 Å². The highest BCUT2D eigenvalue weighted by Gasteiger charge is 2.38. The van der Waals surface area contributed by atoms with Crippen LogP contribution in [0.2, 0.25) is 0 Å². The number of aryl methyl sites for hydroxylation is 1. The third-order valence-corrected chi connectivity index (χ3v) is 7.82. The molecule has 2 fully saturated rings. The summed E-state index contributed by atoms with van der Waals surface area (Å²) in [6.45, 7) is 4.39. The summed E-state index contributed by atoms with van der Waals surface area (Å²) < 4.78 is 24.0. The minimum absolute atomic E-state index is 0.272. The van der Waals surface area contributed by atoms with Crippen LogP contribution in [0.15, 0.2) is 12.4 Å². The molecule has 0 atom stereocenters. The Morgan fingerprint density at radius 2 is 1.96 bits per heavy atom. The summed E-state index contributed by atoms with van der Waals surface area (Å²) in [6.07, 6.45) is 2.98. The molecule has 2 aromatic heterocycles. The normalized spacial score (nSPS) is 18.8. The highest BCUT2D eigenvalue weighted by molar-refractivity contribution is 7.93. The number of carbonyl (C=O) groups is 1. The molecule has 4 rings (SSSR count). The van der Waals surface area contributed by atoms with E-state index in [4.69, 9.17) is 0 Å². The molecule has 0 aromatic carbocycles. The van der Waals surface area contributed by atoms with E-state index < -0.39 is 9.84 Å². The van der Waals surface area contributed by atoms with Gasteiger partial charge in [-0.1, -0.05) is 0 Å². The van der Waals surface area contributed by atoms with Crippen molar-refractivity contribution in [3.05, 3.63) is 17.3 Å². The first-order valence-corrected chi connectivity index (χ1v) is 10.9. The smallest absolute Gasteiger partial charge is 0.237 e. The number of hydrogen-bond donors (Lipinski definition) is 0. The number of sulfone groups is 1. The number of rotatable bonds is 4. The van der Waals surface area contributed by atoms with Gasteiger partial charge in [-0.05, 0) is 25.8 Å². The molecule has 1 aliphatic carbocycles. The van der Waals surface area contributed by atoms with Crippen molar-refractivity contribution in [3.63, 3.8) is 0 Å². The Kier molecular flexibility index (Phi) is 4.15. The lowest BCUT2D eigenvalue weighted by atomic mass is 10.2. The minimum atomic E-state index is -3.25. The first-order valence-electron chi connectivity index (χ1n) is 8.39. The molecule has 3 heterocycles. The van der Waals surface area contributed by atoms with Gasteiger partial charge in [-0.3, -0.25) is 4.79 Å². The minimum Gasteiger partial charge on any atom is -0.352 e. The van der Waals surface area contributed by atoms with Crippen LogP contribution < -0.4 is 4.90 Å². The summed E-state index contributed by atoms with van der Waals surface area (Å²) in [5.74, 6) is 0.275. The number of amides is 1. The fourth-order valence-corrected chi connectivity index (χ4v) is 5.65. The molecule has 0 radical (unpaired) electrons. The van der Waals surface area contributed by atoms with Gasteiger partial charge in [0, 0.05) is 31.1 Å². The van der Waals surface area contributed by atoms with E-state index in [0.29, 0.717) is 39.0 Å². The van der Waals surface area contributed by atoms with Crippen molar-refractivity contribution < 1.29 is 13.2 Å². The van der Waals surface area contributed by atoms with E-state index in [1.807, 2.05) is 6.92 Å². The largest absolute Gasteiger partial charge is 0.352 e. The van der Waals surface area contributed by atoms with E-state index >= 15 is 0 Å². The first-order chi connectivity index (χ1) is 11.9. The van der Waals surface area contributed by atoms with Gasteiger partial charge >= 0.3 is 0 Å². The molecule has 1 saturated heterocycles. The summed E-state index contributed by atoms with van der Waals surface area (Å²) in [7, 11) is -3.25. The summed E-state index contributed by atoms with van der Waals surface area (Å²) in [6, 6.07) is 2.09. The zero-order chi connectivity index (χ0) is 17.6. The molecule has 1 amide bonds. The van der Waals surface area contributed by atoms with Gasteiger partial charge in [0.25, 0.3) is 0 Å². The van der Waals surface area contributed by atoms with E-state index in [-0.39, 0.29) is 16.9 Å². The number of carbonyl (C=O) groups excluding carboxylic acids is 1. The maximum absolute atomic E-state index is 12.3. The van der Waals surface area contributed by atoms with Crippen LogP contribution in [0.5, 0.6) is 0 Å². The Morgan fingerprint density at radius 1 is 1.24 bits per heavy atom. The standard InChI is InChI=1S/C16H20N4O3S2/c1-11-8-13-15(17-10-18-16(13)24-11)20-6-4-19(5-7-20)14(21)9-25(22,23)12-2-3-12/h8,10,12H,2-7,9H2,1H3. The predicted molar refractivity (Wildman–Crippen MR) is 97.8 cm³/mol. The Morgan fingerprint density at radius 3 is 2.64 bits per heavy atom. The molecule has 2 aromatic rings. The maximum Gasteiger partial charge on any atom is 0.237 e. The number of aromatic nitrogens is 2. The van der Waals surface area contributed by atoms with Crippen LogP contribution in [-0.2, 0) is 14.6 Å². The molecule has 0 spiro atoms. The molecular weight excluding hydrogens is 360 g/mol. The highest BCUT2D eigenvalue weighted by Crippen LogP contribution is 2.31. The second-order valence-electron chi connectivity index (χ2n) is 6.65. The van der Waals surface area contributed by atoms with Crippen molar-refractivity contribution in [2.24, 2.45) is 0 Å². The van der Waals surface area contributed by atoms with Gasteiger partial charge in [0.15, 0.2) is 9.84 Å². The fraction of sp³-hybridized carbons (Fsp3) is 0.562. The second-order valence-corrected chi connectivity index (χ2v) is 10.2. The average Bonchev–Trinajstić information content (AvgIpc) is 3.36. The number of nitrogens with zero attached hydrogens (tertiary/aromatic N) is 4. The number of piperazine rings is 1. The molecule has 0 bridgehead atoms. The van der Waals surface area contributed by atoms with Crippen LogP contribution in [0.3, 0.4) is 0 Å². The highest BCUT2D eigenvalue weighted by atomic mass is 32.2. The summed E-state index contributed by atoms with van der Waals surface area (Å²) in [4.78, 5) is 27.0. The Labute approximate surface area is 150 Å². The molecule has 9 heteroatoms. The number of anilines is 1. The molecule has 1 aliphatic heterocycles. The summed E-state index contributed by atoms with van der Waals surface area (Å²) in [5.41, 5.74) is 0. The van der Waals surface area contributed by atoms with E-state index in [0.717, 1.165) is 16.0 Å². The lowest BCUT2D eigenvalue weighted by Gasteiger charge is -2.35. The van der Waals surface area contributed by atoms with E-state index in [2.05, 4.69) is 20.9 Å². The molecule has 0 N–H and O–H groups in total. The Bertz CT molecular complexity index is 913. The topological polar surface area (TPSA) is 83.5 Å². The second kappa shape index (κ2) is 6.21. The van der Waals surface area contributed by atoms with Crippen LogP contribution in [-0.4, -0.2) is 66.4 Å². The lowest BCUT2D eigenvalue weighted by molar-refractivity contribution is -0.128. The van der Waals surface area contributed by atoms with Gasteiger partial charge in [-0.2, -0.15) is 0 Å². The van der Waals surface area contributed by atoms with Crippen LogP contribution in [0.4, 0.5) is 5.82 Å².